The first-order chi connectivity index (χ1) is 8.02. The van der Waals surface area contributed by atoms with Gasteiger partial charge in [-0.2, -0.15) is 0 Å². The molecule has 1 N–H and O–H groups in total. The van der Waals surface area contributed by atoms with Crippen molar-refractivity contribution in [1.29, 1.82) is 0 Å². The van der Waals surface area contributed by atoms with E-state index in [-0.39, 0.29) is 6.61 Å². The molecule has 2 fully saturated rings. The summed E-state index contributed by atoms with van der Waals surface area (Å²) in [6.45, 7) is 8.95. The molecule has 2 saturated carbocycles. The smallest absolute Gasteiger partial charge is 0.0704 e. The highest BCUT2D eigenvalue weighted by Crippen LogP contribution is 2.66. The van der Waals surface area contributed by atoms with Gasteiger partial charge in [0.05, 0.1) is 32.5 Å². The maximum Gasteiger partial charge on any atom is 0.0704 e. The average molecular weight is 242 g/mol. The van der Waals surface area contributed by atoms with Gasteiger partial charge in [0.2, 0.25) is 0 Å². The molecular weight excluding hydrogens is 216 g/mol. The van der Waals surface area contributed by atoms with Gasteiger partial charge >= 0.3 is 0 Å². The molecular formula is C14H26O3. The van der Waals surface area contributed by atoms with Crippen molar-refractivity contribution in [2.45, 2.75) is 46.1 Å². The number of rotatable bonds is 6. The van der Waals surface area contributed by atoms with E-state index in [0.717, 1.165) is 5.92 Å². The summed E-state index contributed by atoms with van der Waals surface area (Å²) in [6, 6.07) is 0. The third kappa shape index (κ3) is 2.13. The standard InChI is InChI=1S/C14H26O3/c1-13(2)11-4-5-14(13,3)12(10-11)17-9-8-16-7-6-15/h11-12,15H,4-10H2,1-3H3/t11-,12-,14+/m1/s1. The van der Waals surface area contributed by atoms with Crippen molar-refractivity contribution in [3.05, 3.63) is 0 Å². The van der Waals surface area contributed by atoms with E-state index in [9.17, 15) is 0 Å². The molecule has 2 bridgehead atoms. The van der Waals surface area contributed by atoms with E-state index in [1.165, 1.54) is 19.3 Å². The molecule has 3 heteroatoms. The lowest BCUT2D eigenvalue weighted by Crippen LogP contribution is -2.37. The number of fused-ring (bicyclic) bond motifs is 2. The second kappa shape index (κ2) is 4.87. The monoisotopic (exact) mass is 242 g/mol. The van der Waals surface area contributed by atoms with Crippen molar-refractivity contribution < 1.29 is 14.6 Å². The Balaban J connectivity index is 1.80. The first-order valence-electron chi connectivity index (χ1n) is 6.82. The van der Waals surface area contributed by atoms with Gasteiger partial charge in [-0.15, -0.1) is 0 Å². The average Bonchev–Trinajstić information content (AvgIpc) is 2.61. The van der Waals surface area contributed by atoms with Gasteiger partial charge in [0.15, 0.2) is 0 Å². The van der Waals surface area contributed by atoms with Crippen LogP contribution in [-0.2, 0) is 9.47 Å². The fraction of sp³-hybridized carbons (Fsp3) is 1.00. The van der Waals surface area contributed by atoms with Gasteiger partial charge in [-0.05, 0) is 36.0 Å². The number of hydrogen-bond donors (Lipinski definition) is 1. The molecule has 0 spiro atoms. The summed E-state index contributed by atoms with van der Waals surface area (Å²) in [4.78, 5) is 0. The quantitative estimate of drug-likeness (QED) is 0.726. The molecule has 0 aromatic rings. The normalized spacial score (nSPS) is 38.8. The molecule has 0 radical (unpaired) electrons. The molecule has 100 valence electrons. The summed E-state index contributed by atoms with van der Waals surface area (Å²) in [6.07, 6.45) is 4.27. The Labute approximate surface area is 104 Å². The third-order valence-corrected chi connectivity index (χ3v) is 5.50. The molecule has 0 unspecified atom stereocenters. The fourth-order valence-electron chi connectivity index (χ4n) is 3.80. The number of aliphatic hydroxyl groups is 1. The van der Waals surface area contributed by atoms with Gasteiger partial charge in [-0.3, -0.25) is 0 Å². The minimum Gasteiger partial charge on any atom is -0.394 e. The zero-order chi connectivity index (χ0) is 12.5. The highest BCUT2D eigenvalue weighted by Gasteiger charge is 2.61. The Bertz CT molecular complexity index is 264. The van der Waals surface area contributed by atoms with E-state index < -0.39 is 0 Å². The topological polar surface area (TPSA) is 38.7 Å². The molecule has 17 heavy (non-hydrogen) atoms. The zero-order valence-electron chi connectivity index (χ0n) is 11.4. The van der Waals surface area contributed by atoms with Gasteiger partial charge < -0.3 is 14.6 Å². The lowest BCUT2D eigenvalue weighted by molar-refractivity contribution is -0.0662. The van der Waals surface area contributed by atoms with Gasteiger partial charge in [-0.1, -0.05) is 20.8 Å². The molecule has 0 amide bonds. The van der Waals surface area contributed by atoms with E-state index in [2.05, 4.69) is 20.8 Å². The minimum absolute atomic E-state index is 0.0935. The summed E-state index contributed by atoms with van der Waals surface area (Å²) in [5.74, 6) is 0.830. The van der Waals surface area contributed by atoms with Crippen LogP contribution >= 0.6 is 0 Å². The van der Waals surface area contributed by atoms with Crippen molar-refractivity contribution in [2.24, 2.45) is 16.7 Å². The van der Waals surface area contributed by atoms with Crippen LogP contribution in [-0.4, -0.2) is 37.6 Å². The molecule has 0 heterocycles. The maximum atomic E-state index is 8.61. The lowest BCUT2D eigenvalue weighted by Gasteiger charge is -2.38. The predicted molar refractivity (Wildman–Crippen MR) is 66.9 cm³/mol. The molecule has 2 aliphatic carbocycles. The van der Waals surface area contributed by atoms with Crippen LogP contribution in [0.25, 0.3) is 0 Å². The van der Waals surface area contributed by atoms with Crippen molar-refractivity contribution in [1.82, 2.24) is 0 Å². The van der Waals surface area contributed by atoms with Crippen LogP contribution in [0.1, 0.15) is 40.0 Å². The van der Waals surface area contributed by atoms with E-state index in [4.69, 9.17) is 14.6 Å². The number of hydrogen-bond acceptors (Lipinski definition) is 3. The van der Waals surface area contributed by atoms with E-state index in [1.54, 1.807) is 0 Å². The molecule has 3 atom stereocenters. The summed E-state index contributed by atoms with van der Waals surface area (Å²) in [5.41, 5.74) is 0.762. The van der Waals surface area contributed by atoms with Crippen LogP contribution in [0.4, 0.5) is 0 Å². The van der Waals surface area contributed by atoms with E-state index in [0.29, 0.717) is 36.8 Å². The SMILES string of the molecule is CC1(C)[C@@H]2CC[C@@]1(C)[C@H](OCCOCCO)C2. The van der Waals surface area contributed by atoms with E-state index in [1.807, 2.05) is 0 Å². The Morgan fingerprint density at radius 3 is 2.47 bits per heavy atom. The minimum atomic E-state index is 0.0935. The highest BCUT2D eigenvalue weighted by molar-refractivity contribution is 5.11. The maximum absolute atomic E-state index is 8.61. The second-order valence-electron chi connectivity index (χ2n) is 6.31. The summed E-state index contributed by atoms with van der Waals surface area (Å²) in [7, 11) is 0. The van der Waals surface area contributed by atoms with Crippen LogP contribution in [0.5, 0.6) is 0 Å². The van der Waals surface area contributed by atoms with Gasteiger partial charge in [-0.25, -0.2) is 0 Å². The summed E-state index contributed by atoms with van der Waals surface area (Å²) in [5, 5.41) is 8.61. The zero-order valence-corrected chi connectivity index (χ0v) is 11.4. The van der Waals surface area contributed by atoms with Crippen LogP contribution in [0, 0.1) is 16.7 Å². The Hall–Kier alpha value is -0.120. The summed E-state index contributed by atoms with van der Waals surface area (Å²) >= 11 is 0. The van der Waals surface area contributed by atoms with Gasteiger partial charge in [0, 0.05) is 0 Å². The third-order valence-electron chi connectivity index (χ3n) is 5.50. The Morgan fingerprint density at radius 1 is 1.18 bits per heavy atom. The Morgan fingerprint density at radius 2 is 1.94 bits per heavy atom. The van der Waals surface area contributed by atoms with Crippen molar-refractivity contribution in [3.63, 3.8) is 0 Å². The molecule has 0 saturated heterocycles. The van der Waals surface area contributed by atoms with Crippen LogP contribution < -0.4 is 0 Å². The highest BCUT2D eigenvalue weighted by atomic mass is 16.5. The molecule has 0 aliphatic heterocycles. The van der Waals surface area contributed by atoms with E-state index >= 15 is 0 Å². The van der Waals surface area contributed by atoms with Gasteiger partial charge in [0.1, 0.15) is 0 Å². The number of ether oxygens (including phenoxy) is 2. The molecule has 0 aromatic heterocycles. The van der Waals surface area contributed by atoms with Crippen molar-refractivity contribution in [3.8, 4) is 0 Å². The summed E-state index contributed by atoms with van der Waals surface area (Å²) < 4.78 is 11.2. The van der Waals surface area contributed by atoms with Crippen molar-refractivity contribution >= 4 is 0 Å². The van der Waals surface area contributed by atoms with Gasteiger partial charge in [0.25, 0.3) is 0 Å². The molecule has 2 rings (SSSR count). The lowest BCUT2D eigenvalue weighted by atomic mass is 9.70. The second-order valence-corrected chi connectivity index (χ2v) is 6.31. The fourth-order valence-corrected chi connectivity index (χ4v) is 3.80. The van der Waals surface area contributed by atoms with Crippen molar-refractivity contribution in [2.75, 3.05) is 26.4 Å². The molecule has 3 nitrogen and oxygen atoms in total. The number of aliphatic hydroxyl groups excluding tert-OH is 1. The predicted octanol–water partition coefficient (Wildman–Crippen LogP) is 2.23. The Kier molecular flexibility index (Phi) is 3.81. The molecule has 0 aromatic carbocycles. The van der Waals surface area contributed by atoms with Crippen LogP contribution in [0.3, 0.4) is 0 Å². The largest absolute Gasteiger partial charge is 0.394 e. The first-order valence-corrected chi connectivity index (χ1v) is 6.82. The first kappa shape index (κ1) is 13.3. The van der Waals surface area contributed by atoms with Crippen LogP contribution in [0.15, 0.2) is 0 Å². The molecule has 2 aliphatic rings. The van der Waals surface area contributed by atoms with Crippen LogP contribution in [0.2, 0.25) is 0 Å².